The van der Waals surface area contributed by atoms with E-state index in [0.29, 0.717) is 12.3 Å². The van der Waals surface area contributed by atoms with Crippen molar-refractivity contribution >= 4 is 30.3 Å². The second-order valence-corrected chi connectivity index (χ2v) is 17.4. The molecule has 4 nitrogen and oxygen atoms in total. The van der Waals surface area contributed by atoms with E-state index >= 15 is 0 Å². The third-order valence-electron chi connectivity index (χ3n) is 8.92. The molecule has 0 aromatic rings. The lowest BCUT2D eigenvalue weighted by atomic mass is 9.66. The van der Waals surface area contributed by atoms with Gasteiger partial charge in [-0.3, -0.25) is 9.59 Å². The van der Waals surface area contributed by atoms with Crippen LogP contribution in [0.4, 0.5) is 0 Å². The molecule has 0 saturated carbocycles. The van der Waals surface area contributed by atoms with Crippen LogP contribution in [0.5, 0.6) is 0 Å². The zero-order valence-corrected chi connectivity index (χ0v) is 28.5. The molecule has 0 aromatic heterocycles. The van der Waals surface area contributed by atoms with Gasteiger partial charge < -0.3 is 10.6 Å². The van der Waals surface area contributed by atoms with Crippen LogP contribution in [0, 0.1) is 22.2 Å². The van der Waals surface area contributed by atoms with E-state index in [4.69, 9.17) is 0 Å². The third-order valence-corrected chi connectivity index (χ3v) is 11.0. The average molecular weight is 545 g/mol. The zero-order valence-electron chi connectivity index (χ0n) is 26.2. The van der Waals surface area contributed by atoms with Gasteiger partial charge in [-0.1, -0.05) is 88.5 Å². The van der Waals surface area contributed by atoms with E-state index in [1.165, 1.54) is 0 Å². The summed E-state index contributed by atoms with van der Waals surface area (Å²) >= 11 is 0. The van der Waals surface area contributed by atoms with Crippen molar-refractivity contribution in [2.45, 2.75) is 150 Å². The Morgan fingerprint density at radius 3 is 1.81 bits per heavy atom. The van der Waals surface area contributed by atoms with E-state index in [1.807, 2.05) is 13.8 Å². The Morgan fingerprint density at radius 2 is 1.33 bits per heavy atom. The lowest BCUT2D eigenvalue weighted by Crippen LogP contribution is -2.50. The van der Waals surface area contributed by atoms with Gasteiger partial charge in [0.25, 0.3) is 0 Å². The summed E-state index contributed by atoms with van der Waals surface area (Å²) in [6.07, 6.45) is 7.84. The minimum atomic E-state index is -0.413. The molecule has 6 heteroatoms. The summed E-state index contributed by atoms with van der Waals surface area (Å²) in [5.74, 6) is 0.697. The molecule has 0 spiro atoms. The highest BCUT2D eigenvalue weighted by atomic mass is 31.0. The minimum Gasteiger partial charge on any atom is -0.359 e. The Morgan fingerprint density at radius 1 is 0.806 bits per heavy atom. The Labute approximate surface area is 229 Å². The van der Waals surface area contributed by atoms with Gasteiger partial charge in [0.05, 0.1) is 0 Å². The summed E-state index contributed by atoms with van der Waals surface area (Å²) in [6, 6.07) is 0. The third kappa shape index (κ3) is 10.9. The van der Waals surface area contributed by atoms with Gasteiger partial charge in [0, 0.05) is 24.4 Å². The fourth-order valence-corrected chi connectivity index (χ4v) is 6.75. The SMILES string of the molecule is CCCC(C)CC(=O)NC(C)(C)CC(C)(C)C(C)(P)CCCC(C)(C)C(C)(P)CC(C)(C)C(=O)NC. The van der Waals surface area contributed by atoms with Crippen molar-refractivity contribution in [1.29, 1.82) is 0 Å². The van der Waals surface area contributed by atoms with E-state index in [-0.39, 0.29) is 38.5 Å². The first-order chi connectivity index (χ1) is 16.0. The number of hydrogen-bond acceptors (Lipinski definition) is 2. The van der Waals surface area contributed by atoms with Crippen LogP contribution in [-0.2, 0) is 9.59 Å². The standard InChI is InChI=1S/C30H62N2O2P2/c1-14-16-22(2)19-23(33)32-28(9,10)21-27(7,8)29(11,35)18-15-17-26(5,6)30(12,36)20-25(3,4)24(34)31-13/h22H,14-21,35-36H2,1-13H3,(H,31,34)(H,32,33). The largest absolute Gasteiger partial charge is 0.359 e. The monoisotopic (exact) mass is 544 g/mol. The van der Waals surface area contributed by atoms with Crippen LogP contribution in [0.25, 0.3) is 0 Å². The molecule has 0 rings (SSSR count). The molecule has 2 amide bonds. The van der Waals surface area contributed by atoms with Crippen LogP contribution in [0.3, 0.4) is 0 Å². The first kappa shape index (κ1) is 35.8. The van der Waals surface area contributed by atoms with Crippen molar-refractivity contribution in [2.75, 3.05) is 7.05 Å². The molecular formula is C30H62N2O2P2. The topological polar surface area (TPSA) is 58.2 Å². The van der Waals surface area contributed by atoms with Gasteiger partial charge >= 0.3 is 0 Å². The van der Waals surface area contributed by atoms with Crippen molar-refractivity contribution in [3.63, 3.8) is 0 Å². The predicted octanol–water partition coefficient (Wildman–Crippen LogP) is 7.75. The molecule has 5 atom stereocenters. The molecule has 0 fully saturated rings. The molecule has 36 heavy (non-hydrogen) atoms. The van der Waals surface area contributed by atoms with Crippen LogP contribution in [-0.4, -0.2) is 34.7 Å². The van der Waals surface area contributed by atoms with Crippen molar-refractivity contribution in [3.8, 4) is 0 Å². The lowest BCUT2D eigenvalue weighted by molar-refractivity contribution is -0.130. The normalized spacial score (nSPS) is 17.6. The van der Waals surface area contributed by atoms with E-state index < -0.39 is 5.41 Å². The van der Waals surface area contributed by atoms with Gasteiger partial charge in [0.1, 0.15) is 0 Å². The van der Waals surface area contributed by atoms with Gasteiger partial charge in [-0.15, -0.1) is 18.5 Å². The molecule has 214 valence electrons. The molecule has 0 aliphatic carbocycles. The maximum absolute atomic E-state index is 12.7. The predicted molar refractivity (Wildman–Crippen MR) is 166 cm³/mol. The maximum atomic E-state index is 12.7. The number of rotatable bonds is 16. The second kappa shape index (κ2) is 13.2. The van der Waals surface area contributed by atoms with Crippen LogP contribution in [0.2, 0.25) is 0 Å². The molecule has 0 radical (unpaired) electrons. The van der Waals surface area contributed by atoms with Crippen LogP contribution in [0.15, 0.2) is 0 Å². The van der Waals surface area contributed by atoms with Crippen LogP contribution < -0.4 is 10.6 Å². The quantitative estimate of drug-likeness (QED) is 0.195. The summed E-state index contributed by atoms with van der Waals surface area (Å²) < 4.78 is 0. The molecule has 0 bridgehead atoms. The first-order valence-electron chi connectivity index (χ1n) is 14.1. The highest BCUT2D eigenvalue weighted by molar-refractivity contribution is 7.19. The average Bonchev–Trinajstić information content (AvgIpc) is 2.64. The molecule has 0 heterocycles. The van der Waals surface area contributed by atoms with E-state index in [1.54, 1.807) is 7.05 Å². The number of hydrogen-bond donors (Lipinski definition) is 2. The molecule has 0 aliphatic rings. The molecule has 0 aromatic carbocycles. The maximum Gasteiger partial charge on any atom is 0.225 e. The van der Waals surface area contributed by atoms with Gasteiger partial charge in [0.2, 0.25) is 11.8 Å². The van der Waals surface area contributed by atoms with Gasteiger partial charge in [-0.25, -0.2) is 0 Å². The number of carbonyl (C=O) groups excluding carboxylic acids is 2. The van der Waals surface area contributed by atoms with Gasteiger partial charge in [-0.2, -0.15) is 0 Å². The van der Waals surface area contributed by atoms with E-state index in [2.05, 4.69) is 98.4 Å². The lowest BCUT2D eigenvalue weighted by Gasteiger charge is -2.48. The smallest absolute Gasteiger partial charge is 0.225 e. The second-order valence-electron chi connectivity index (χ2n) is 14.8. The molecule has 2 N–H and O–H groups in total. The van der Waals surface area contributed by atoms with Gasteiger partial charge in [0.15, 0.2) is 0 Å². The Kier molecular flexibility index (Phi) is 13.2. The fraction of sp³-hybridized carbons (Fsp3) is 0.933. The van der Waals surface area contributed by atoms with Crippen molar-refractivity contribution in [2.24, 2.45) is 22.2 Å². The molecule has 0 saturated heterocycles. The summed E-state index contributed by atoms with van der Waals surface area (Å²) in [6.45, 7) is 26.7. The highest BCUT2D eigenvalue weighted by Gasteiger charge is 2.45. The summed E-state index contributed by atoms with van der Waals surface area (Å²) in [4.78, 5) is 25.1. The molecule has 0 aliphatic heterocycles. The fourth-order valence-electron chi connectivity index (χ4n) is 5.79. The van der Waals surface area contributed by atoms with Crippen LogP contribution in [0.1, 0.15) is 134 Å². The molecule has 5 unspecified atom stereocenters. The number of carbonyl (C=O) groups is 2. The Hall–Kier alpha value is -0.200. The number of nitrogens with one attached hydrogen (secondary N) is 2. The first-order valence-corrected chi connectivity index (χ1v) is 15.2. The Bertz CT molecular complexity index is 724. The van der Waals surface area contributed by atoms with E-state index in [9.17, 15) is 9.59 Å². The molecular weight excluding hydrogens is 482 g/mol. The summed E-state index contributed by atoms with van der Waals surface area (Å²) in [5, 5.41) is 6.14. The minimum absolute atomic E-state index is 0.0269. The van der Waals surface area contributed by atoms with Crippen LogP contribution >= 0.6 is 18.5 Å². The Balaban J connectivity index is 5.19. The van der Waals surface area contributed by atoms with Crippen molar-refractivity contribution < 1.29 is 9.59 Å². The highest BCUT2D eigenvalue weighted by Crippen LogP contribution is 2.51. The number of amides is 2. The zero-order chi connectivity index (χ0) is 28.8. The summed E-state index contributed by atoms with van der Waals surface area (Å²) in [5.41, 5.74) is -0.576. The summed E-state index contributed by atoms with van der Waals surface area (Å²) in [7, 11) is 7.94. The van der Waals surface area contributed by atoms with Crippen molar-refractivity contribution in [1.82, 2.24) is 10.6 Å². The van der Waals surface area contributed by atoms with Gasteiger partial charge in [-0.05, 0) is 66.6 Å². The van der Waals surface area contributed by atoms with E-state index in [0.717, 1.165) is 44.9 Å². The van der Waals surface area contributed by atoms with Crippen molar-refractivity contribution in [3.05, 3.63) is 0 Å².